The van der Waals surface area contributed by atoms with Crippen LogP contribution in [0.3, 0.4) is 0 Å². The molecule has 1 aromatic rings. The van der Waals surface area contributed by atoms with Crippen LogP contribution in [0.25, 0.3) is 0 Å². The minimum absolute atomic E-state index is 0.122. The van der Waals surface area contributed by atoms with Crippen LogP contribution in [0.5, 0.6) is 0 Å². The molecule has 1 aromatic heterocycles. The van der Waals surface area contributed by atoms with Crippen molar-refractivity contribution in [2.45, 2.75) is 32.5 Å². The van der Waals surface area contributed by atoms with Gasteiger partial charge in [-0.05, 0) is 38.2 Å². The Morgan fingerprint density at radius 2 is 2.19 bits per heavy atom. The molecule has 0 atom stereocenters. The molecule has 0 radical (unpaired) electrons. The Balaban J connectivity index is 2.79. The van der Waals surface area contributed by atoms with Crippen molar-refractivity contribution in [3.63, 3.8) is 0 Å². The van der Waals surface area contributed by atoms with Crippen LogP contribution >= 0.6 is 12.2 Å². The molecular formula is C9H16N2O3SSi. The summed E-state index contributed by atoms with van der Waals surface area (Å²) in [6, 6.07) is 0.335. The molecule has 16 heavy (non-hydrogen) atoms. The molecule has 0 aromatic carbocycles. The van der Waals surface area contributed by atoms with Gasteiger partial charge in [0.25, 0.3) is 5.56 Å². The van der Waals surface area contributed by atoms with E-state index in [1.807, 2.05) is 0 Å². The molecule has 0 spiro atoms. The predicted molar refractivity (Wildman–Crippen MR) is 66.1 cm³/mol. The molecule has 0 aliphatic carbocycles. The van der Waals surface area contributed by atoms with E-state index in [9.17, 15) is 14.4 Å². The number of hydrogen-bond acceptors (Lipinski definition) is 4. The third-order valence-electron chi connectivity index (χ3n) is 2.27. The molecule has 0 aliphatic heterocycles. The Morgan fingerprint density at radius 3 is 2.75 bits per heavy atom. The standard InChI is InChI=1S/C9H16N2O3SSi/c1-7-6-10-9(15)11(8(7)12)4-3-5-16(2,13)14/h6,13-14H,3-5H2,1-2H3,(H,10,15). The molecule has 1 heterocycles. The number of aromatic amines is 1. The summed E-state index contributed by atoms with van der Waals surface area (Å²) in [7, 11) is -3.02. The second-order valence-corrected chi connectivity index (χ2v) is 7.37. The fraction of sp³-hybridized carbons (Fsp3) is 0.556. The molecule has 3 N–H and O–H groups in total. The van der Waals surface area contributed by atoms with Crippen LogP contribution in [-0.4, -0.2) is 27.7 Å². The summed E-state index contributed by atoms with van der Waals surface area (Å²) in [5, 5.41) is 0. The summed E-state index contributed by atoms with van der Waals surface area (Å²) in [6.07, 6.45) is 2.12. The van der Waals surface area contributed by atoms with Crippen molar-refractivity contribution >= 4 is 20.8 Å². The molecule has 0 saturated carbocycles. The van der Waals surface area contributed by atoms with E-state index in [4.69, 9.17) is 12.2 Å². The van der Waals surface area contributed by atoms with Crippen LogP contribution in [0.1, 0.15) is 12.0 Å². The van der Waals surface area contributed by atoms with E-state index >= 15 is 0 Å². The molecule has 0 aliphatic rings. The lowest BCUT2D eigenvalue weighted by Gasteiger charge is -2.12. The maximum absolute atomic E-state index is 11.7. The van der Waals surface area contributed by atoms with Gasteiger partial charge in [-0.15, -0.1) is 0 Å². The number of aromatic nitrogens is 2. The zero-order valence-corrected chi connectivity index (χ0v) is 11.2. The molecule has 7 heteroatoms. The fourth-order valence-electron chi connectivity index (χ4n) is 1.39. The molecular weight excluding hydrogens is 244 g/mol. The molecule has 0 fully saturated rings. The van der Waals surface area contributed by atoms with Crippen molar-refractivity contribution in [1.82, 2.24) is 9.55 Å². The predicted octanol–water partition coefficient (Wildman–Crippen LogP) is 0.661. The monoisotopic (exact) mass is 260 g/mol. The highest BCUT2D eigenvalue weighted by Gasteiger charge is 2.20. The van der Waals surface area contributed by atoms with E-state index in [-0.39, 0.29) is 5.56 Å². The Bertz CT molecular complexity index is 475. The normalized spacial score (nSPS) is 11.8. The van der Waals surface area contributed by atoms with E-state index in [0.29, 0.717) is 29.3 Å². The minimum Gasteiger partial charge on any atom is -0.411 e. The van der Waals surface area contributed by atoms with Gasteiger partial charge in [0.2, 0.25) is 0 Å². The lowest BCUT2D eigenvalue weighted by molar-refractivity contribution is 0.365. The van der Waals surface area contributed by atoms with Gasteiger partial charge in [-0.25, -0.2) is 0 Å². The van der Waals surface area contributed by atoms with E-state index < -0.39 is 8.56 Å². The lowest BCUT2D eigenvalue weighted by atomic mass is 10.4. The molecule has 0 unspecified atom stereocenters. The van der Waals surface area contributed by atoms with Crippen molar-refractivity contribution in [3.8, 4) is 0 Å². The van der Waals surface area contributed by atoms with Crippen molar-refractivity contribution in [2.24, 2.45) is 0 Å². The summed E-state index contributed by atoms with van der Waals surface area (Å²) in [5.41, 5.74) is 0.476. The first-order valence-corrected chi connectivity index (χ1v) is 8.06. The quantitative estimate of drug-likeness (QED) is 0.549. The number of aryl methyl sites for hydroxylation is 1. The number of nitrogens with zero attached hydrogens (tertiary/aromatic N) is 1. The highest BCUT2D eigenvalue weighted by molar-refractivity contribution is 7.71. The van der Waals surface area contributed by atoms with E-state index in [1.54, 1.807) is 13.1 Å². The smallest absolute Gasteiger partial charge is 0.329 e. The number of rotatable bonds is 4. The molecule has 5 nitrogen and oxygen atoms in total. The molecule has 90 valence electrons. The maximum atomic E-state index is 11.7. The molecule has 0 amide bonds. The van der Waals surface area contributed by atoms with Gasteiger partial charge in [-0.2, -0.15) is 0 Å². The zero-order valence-electron chi connectivity index (χ0n) is 9.36. The molecule has 1 rings (SSSR count). The van der Waals surface area contributed by atoms with Gasteiger partial charge < -0.3 is 14.6 Å². The summed E-state index contributed by atoms with van der Waals surface area (Å²) >= 11 is 5.00. The summed E-state index contributed by atoms with van der Waals surface area (Å²) in [4.78, 5) is 33.1. The SMILES string of the molecule is Cc1c[nH]c(=S)n(CCC[Si](C)(O)O)c1=O. The Morgan fingerprint density at radius 1 is 1.56 bits per heavy atom. The van der Waals surface area contributed by atoms with Crippen LogP contribution in [0.15, 0.2) is 11.0 Å². The van der Waals surface area contributed by atoms with Crippen molar-refractivity contribution in [1.29, 1.82) is 0 Å². The van der Waals surface area contributed by atoms with Crippen LogP contribution in [0.4, 0.5) is 0 Å². The second-order valence-electron chi connectivity index (χ2n) is 4.05. The topological polar surface area (TPSA) is 78.2 Å². The first-order chi connectivity index (χ1) is 7.31. The van der Waals surface area contributed by atoms with Crippen molar-refractivity contribution in [3.05, 3.63) is 26.9 Å². The van der Waals surface area contributed by atoms with Gasteiger partial charge in [0, 0.05) is 18.3 Å². The highest BCUT2D eigenvalue weighted by atomic mass is 32.1. The first kappa shape index (κ1) is 13.3. The maximum Gasteiger partial charge on any atom is 0.329 e. The van der Waals surface area contributed by atoms with Crippen LogP contribution in [0, 0.1) is 11.7 Å². The van der Waals surface area contributed by atoms with Crippen LogP contribution in [-0.2, 0) is 6.54 Å². The average molecular weight is 260 g/mol. The Labute approximate surface area is 99.6 Å². The minimum atomic E-state index is -3.02. The Hall–Kier alpha value is -0.763. The number of H-pyrrole nitrogens is 1. The van der Waals surface area contributed by atoms with Gasteiger partial charge >= 0.3 is 8.56 Å². The third-order valence-corrected chi connectivity index (χ3v) is 3.91. The fourth-order valence-corrected chi connectivity index (χ4v) is 2.45. The number of nitrogens with one attached hydrogen (secondary N) is 1. The number of hydrogen-bond donors (Lipinski definition) is 3. The van der Waals surface area contributed by atoms with Crippen LogP contribution < -0.4 is 5.56 Å². The van der Waals surface area contributed by atoms with Crippen LogP contribution in [0.2, 0.25) is 12.6 Å². The first-order valence-electron chi connectivity index (χ1n) is 5.05. The summed E-state index contributed by atoms with van der Waals surface area (Å²) in [6.45, 7) is 3.58. The van der Waals surface area contributed by atoms with E-state index in [2.05, 4.69) is 4.98 Å². The van der Waals surface area contributed by atoms with Gasteiger partial charge in [0.15, 0.2) is 4.77 Å². The summed E-state index contributed by atoms with van der Waals surface area (Å²) in [5.74, 6) is 0. The van der Waals surface area contributed by atoms with Gasteiger partial charge in [-0.1, -0.05) is 0 Å². The lowest BCUT2D eigenvalue weighted by Crippen LogP contribution is -2.31. The largest absolute Gasteiger partial charge is 0.411 e. The highest BCUT2D eigenvalue weighted by Crippen LogP contribution is 2.05. The van der Waals surface area contributed by atoms with Gasteiger partial charge in [-0.3, -0.25) is 9.36 Å². The van der Waals surface area contributed by atoms with Gasteiger partial charge in [0.05, 0.1) is 0 Å². The van der Waals surface area contributed by atoms with Crippen molar-refractivity contribution in [2.75, 3.05) is 0 Å². The third kappa shape index (κ3) is 3.67. The second kappa shape index (κ2) is 5.04. The van der Waals surface area contributed by atoms with Gasteiger partial charge in [0.1, 0.15) is 0 Å². The molecule has 0 bridgehead atoms. The Kier molecular flexibility index (Phi) is 4.19. The molecule has 0 saturated heterocycles. The van der Waals surface area contributed by atoms with Crippen molar-refractivity contribution < 1.29 is 9.59 Å². The summed E-state index contributed by atoms with van der Waals surface area (Å²) < 4.78 is 1.82. The van der Waals surface area contributed by atoms with E-state index in [0.717, 1.165) is 0 Å². The average Bonchev–Trinajstić information content (AvgIpc) is 2.16. The van der Waals surface area contributed by atoms with E-state index in [1.165, 1.54) is 11.1 Å². The zero-order chi connectivity index (χ0) is 12.3.